The Balaban J connectivity index is 1.15. The van der Waals surface area contributed by atoms with E-state index in [1.807, 2.05) is 6.92 Å². The topological polar surface area (TPSA) is 72.5 Å². The summed E-state index contributed by atoms with van der Waals surface area (Å²) in [7, 11) is 0. The maximum absolute atomic E-state index is 12.4. The lowest BCUT2D eigenvalue weighted by molar-refractivity contribution is -0.150. The Bertz CT molecular complexity index is 825. The van der Waals surface area contributed by atoms with Gasteiger partial charge >= 0.3 is 5.97 Å². The fourth-order valence-electron chi connectivity index (χ4n) is 9.69. The largest absolute Gasteiger partial charge is 0.464 e. The second-order valence-corrected chi connectivity index (χ2v) is 13.1. The van der Waals surface area contributed by atoms with Gasteiger partial charge in [-0.15, -0.1) is 0 Å². The van der Waals surface area contributed by atoms with Crippen molar-refractivity contribution in [3.63, 3.8) is 0 Å². The summed E-state index contributed by atoms with van der Waals surface area (Å²) in [4.78, 5) is 36.3. The van der Waals surface area contributed by atoms with Gasteiger partial charge in [-0.1, -0.05) is 13.8 Å². The first-order valence-corrected chi connectivity index (χ1v) is 14.2. The minimum absolute atomic E-state index is 0.0344. The molecule has 5 rings (SSSR count). The highest BCUT2D eigenvalue weighted by Crippen LogP contribution is 2.67. The molecule has 1 aliphatic heterocycles. The van der Waals surface area contributed by atoms with Gasteiger partial charge in [0.05, 0.1) is 6.61 Å². The molecule has 0 bridgehead atoms. The first-order valence-electron chi connectivity index (χ1n) is 14.2. The summed E-state index contributed by atoms with van der Waals surface area (Å²) >= 11 is 0. The summed E-state index contributed by atoms with van der Waals surface area (Å²) in [6.45, 7) is 7.35. The van der Waals surface area contributed by atoms with E-state index in [1.165, 1.54) is 51.4 Å². The number of piperidine rings is 1. The first kappa shape index (κ1) is 24.3. The van der Waals surface area contributed by atoms with Crippen molar-refractivity contribution in [2.24, 2.45) is 46.3 Å². The highest BCUT2D eigenvalue weighted by atomic mass is 16.5. The highest BCUT2D eigenvalue weighted by Gasteiger charge is 2.60. The Hall–Kier alpha value is -1.39. The van der Waals surface area contributed by atoms with Crippen molar-refractivity contribution in [3.8, 4) is 0 Å². The lowest BCUT2D eigenvalue weighted by atomic mass is 9.44. The van der Waals surface area contributed by atoms with Crippen LogP contribution in [0.2, 0.25) is 0 Å². The summed E-state index contributed by atoms with van der Waals surface area (Å²) in [6, 6.07) is -0.443. The van der Waals surface area contributed by atoms with Gasteiger partial charge in [0.1, 0.15) is 11.8 Å². The van der Waals surface area contributed by atoms with Gasteiger partial charge in [-0.2, -0.15) is 0 Å². The number of ketones is 1. The second-order valence-electron chi connectivity index (χ2n) is 13.1. The number of amides is 1. The van der Waals surface area contributed by atoms with Crippen LogP contribution in [0.4, 0.5) is 0 Å². The van der Waals surface area contributed by atoms with E-state index in [0.717, 1.165) is 42.9 Å². The minimum atomic E-state index is -0.443. The van der Waals surface area contributed by atoms with Crippen molar-refractivity contribution in [1.82, 2.24) is 5.32 Å². The maximum atomic E-state index is 12.4. The summed E-state index contributed by atoms with van der Waals surface area (Å²) in [5.41, 5.74) is 0.688. The third-order valence-electron chi connectivity index (χ3n) is 11.6. The number of ether oxygens (including phenoxy) is 1. The number of carbonyl (C=O) groups is 3. The van der Waals surface area contributed by atoms with Crippen LogP contribution in [0.3, 0.4) is 0 Å². The first-order chi connectivity index (χ1) is 16.2. The van der Waals surface area contributed by atoms with Crippen molar-refractivity contribution < 1.29 is 19.1 Å². The summed E-state index contributed by atoms with van der Waals surface area (Å²) in [6.07, 6.45) is 14.4. The van der Waals surface area contributed by atoms with Gasteiger partial charge in [0, 0.05) is 12.3 Å². The number of carbonyl (C=O) groups excluding carboxylic acids is 3. The molecule has 1 unspecified atom stereocenters. The van der Waals surface area contributed by atoms with Crippen LogP contribution >= 0.6 is 0 Å². The van der Waals surface area contributed by atoms with Crippen LogP contribution in [0, 0.1) is 46.3 Å². The SMILES string of the molecule is CC(=O)[C@H]1CC[C@H]2[C@@H]3CC[C@@H]4C[C@H](CCOC(=O)C5CCCC(=O)N5)CC[C@]4(C)[C@H]3CC[C@]12C. The predicted octanol–water partition coefficient (Wildman–Crippen LogP) is 5.45. The van der Waals surface area contributed by atoms with E-state index in [1.54, 1.807) is 0 Å². The van der Waals surface area contributed by atoms with Gasteiger partial charge in [0.2, 0.25) is 5.91 Å². The predicted molar refractivity (Wildman–Crippen MR) is 131 cm³/mol. The van der Waals surface area contributed by atoms with E-state index < -0.39 is 6.04 Å². The van der Waals surface area contributed by atoms with E-state index in [2.05, 4.69) is 19.2 Å². The van der Waals surface area contributed by atoms with Gasteiger partial charge in [-0.3, -0.25) is 9.59 Å². The summed E-state index contributed by atoms with van der Waals surface area (Å²) in [5, 5.41) is 2.77. The molecule has 1 N–H and O–H groups in total. The Labute approximate surface area is 205 Å². The molecule has 5 fully saturated rings. The van der Waals surface area contributed by atoms with Gasteiger partial charge < -0.3 is 10.1 Å². The van der Waals surface area contributed by atoms with E-state index >= 15 is 0 Å². The van der Waals surface area contributed by atoms with Crippen molar-refractivity contribution in [2.45, 2.75) is 110 Å². The van der Waals surface area contributed by atoms with Gasteiger partial charge in [-0.05, 0) is 124 Å². The molecule has 0 spiro atoms. The number of nitrogens with one attached hydrogen (secondary N) is 1. The van der Waals surface area contributed by atoms with Crippen molar-refractivity contribution >= 4 is 17.7 Å². The van der Waals surface area contributed by atoms with E-state index in [4.69, 9.17) is 4.74 Å². The molecule has 5 aliphatic rings. The zero-order chi connectivity index (χ0) is 24.1. The van der Waals surface area contributed by atoms with Crippen LogP contribution in [0.1, 0.15) is 104 Å². The summed E-state index contributed by atoms with van der Waals surface area (Å²) < 4.78 is 5.59. The molecule has 5 nitrogen and oxygen atoms in total. The van der Waals surface area contributed by atoms with Crippen molar-refractivity contribution in [1.29, 1.82) is 0 Å². The number of rotatable bonds is 5. The molecule has 0 aromatic heterocycles. The van der Waals surface area contributed by atoms with Crippen LogP contribution in [0.25, 0.3) is 0 Å². The van der Waals surface area contributed by atoms with Crippen LogP contribution in [0.5, 0.6) is 0 Å². The van der Waals surface area contributed by atoms with Crippen LogP contribution in [-0.4, -0.2) is 30.3 Å². The number of hydrogen-bond acceptors (Lipinski definition) is 4. The number of fused-ring (bicyclic) bond motifs is 5. The molecule has 0 aromatic carbocycles. The highest BCUT2D eigenvalue weighted by molar-refractivity contribution is 5.85. The van der Waals surface area contributed by atoms with Gasteiger partial charge in [0.25, 0.3) is 0 Å². The molecule has 9 atom stereocenters. The lowest BCUT2D eigenvalue weighted by Crippen LogP contribution is -2.53. The Kier molecular flexibility index (Phi) is 6.61. The quantitative estimate of drug-likeness (QED) is 0.541. The molecule has 1 saturated heterocycles. The standard InChI is InChI=1S/C29H45NO4/c1-18(31)22-9-10-23-21-8-7-20-17-19(11-14-28(20,2)24(21)12-15-29(22,23)3)13-16-34-27(33)25-5-4-6-26(32)30-25/h19-25H,4-17H2,1-3H3,(H,30,32)/t19-,20+,21-,22+,23-,24-,25?,28-,29+/m0/s1. The molecule has 0 radical (unpaired) electrons. The minimum Gasteiger partial charge on any atom is -0.464 e. The summed E-state index contributed by atoms with van der Waals surface area (Å²) in [5.74, 6) is 4.25. The third-order valence-corrected chi connectivity index (χ3v) is 11.6. The van der Waals surface area contributed by atoms with Crippen LogP contribution in [0.15, 0.2) is 0 Å². The van der Waals surface area contributed by atoms with Gasteiger partial charge in [0.15, 0.2) is 0 Å². The monoisotopic (exact) mass is 471 g/mol. The van der Waals surface area contributed by atoms with Crippen LogP contribution in [-0.2, 0) is 19.1 Å². The zero-order valence-electron chi connectivity index (χ0n) is 21.6. The molecule has 34 heavy (non-hydrogen) atoms. The lowest BCUT2D eigenvalue weighted by Gasteiger charge is -2.61. The second kappa shape index (κ2) is 9.24. The van der Waals surface area contributed by atoms with Crippen LogP contribution < -0.4 is 5.32 Å². The molecule has 5 heteroatoms. The fraction of sp³-hybridized carbons (Fsp3) is 0.897. The maximum Gasteiger partial charge on any atom is 0.328 e. The van der Waals surface area contributed by atoms with E-state index in [-0.39, 0.29) is 17.3 Å². The smallest absolute Gasteiger partial charge is 0.328 e. The van der Waals surface area contributed by atoms with E-state index in [9.17, 15) is 14.4 Å². The number of esters is 1. The normalized spacial score (nSPS) is 46.0. The molecule has 190 valence electrons. The molecule has 4 saturated carbocycles. The molecule has 1 heterocycles. The Morgan fingerprint density at radius 3 is 2.50 bits per heavy atom. The third kappa shape index (κ3) is 4.13. The molecular weight excluding hydrogens is 426 g/mol. The number of Topliss-reactive ketones (excluding diaryl/α,β-unsaturated/α-hetero) is 1. The van der Waals surface area contributed by atoms with E-state index in [0.29, 0.717) is 42.5 Å². The average molecular weight is 472 g/mol. The Morgan fingerprint density at radius 1 is 0.971 bits per heavy atom. The Morgan fingerprint density at radius 2 is 1.74 bits per heavy atom. The number of hydrogen-bond donors (Lipinski definition) is 1. The average Bonchev–Trinajstić information content (AvgIpc) is 3.16. The zero-order valence-corrected chi connectivity index (χ0v) is 21.6. The molecule has 0 aromatic rings. The fourth-order valence-corrected chi connectivity index (χ4v) is 9.69. The molecule has 4 aliphatic carbocycles. The van der Waals surface area contributed by atoms with Crippen molar-refractivity contribution in [3.05, 3.63) is 0 Å². The van der Waals surface area contributed by atoms with Crippen molar-refractivity contribution in [2.75, 3.05) is 6.61 Å². The molecule has 1 amide bonds. The van der Waals surface area contributed by atoms with Gasteiger partial charge in [-0.25, -0.2) is 4.79 Å². The molecular formula is C29H45NO4.